The number of benzene rings is 2. The van der Waals surface area contributed by atoms with Crippen LogP contribution in [0.2, 0.25) is 10.0 Å². The van der Waals surface area contributed by atoms with Crippen LogP contribution in [0.5, 0.6) is 5.75 Å². The third-order valence-corrected chi connectivity index (χ3v) is 6.98. The maximum Gasteiger partial charge on any atom is 0.404 e. The molecule has 1 heterocycles. The van der Waals surface area contributed by atoms with Crippen molar-refractivity contribution >= 4 is 51.7 Å². The molecule has 1 aliphatic carbocycles. The Balaban J connectivity index is 1.74. The zero-order valence-corrected chi connectivity index (χ0v) is 20.8. The van der Waals surface area contributed by atoms with Crippen molar-refractivity contribution in [1.82, 2.24) is 10.3 Å². The Kier molecular flexibility index (Phi) is 7.67. The van der Waals surface area contributed by atoms with Crippen LogP contribution < -0.4 is 10.6 Å². The maximum absolute atomic E-state index is 13.0. The molecule has 0 aliphatic heterocycles. The van der Waals surface area contributed by atoms with Crippen LogP contribution >= 0.6 is 23.2 Å². The van der Waals surface area contributed by atoms with E-state index in [1.165, 1.54) is 0 Å². The number of carboxylic acid groups (broad SMARTS) is 1. The second-order valence-electron chi connectivity index (χ2n) is 8.88. The molecule has 1 aromatic heterocycles. The van der Waals surface area contributed by atoms with Crippen LogP contribution in [-0.4, -0.2) is 39.2 Å². The number of nitrogens with zero attached hydrogens (tertiary/aromatic N) is 1. The molecule has 0 bridgehead atoms. The van der Waals surface area contributed by atoms with Crippen LogP contribution in [0, 0.1) is 0 Å². The number of anilines is 1. The van der Waals surface area contributed by atoms with E-state index in [1.807, 2.05) is 25.1 Å². The minimum atomic E-state index is -1.00. The van der Waals surface area contributed by atoms with Crippen LogP contribution in [0.1, 0.15) is 55.8 Å². The number of halogens is 2. The van der Waals surface area contributed by atoms with Gasteiger partial charge in [0.15, 0.2) is 11.5 Å². The summed E-state index contributed by atoms with van der Waals surface area (Å²) < 4.78 is 0. The Bertz CT molecular complexity index is 1250. The zero-order valence-electron chi connectivity index (χ0n) is 19.3. The number of aromatic hydroxyl groups is 1. The number of fused-ring (bicyclic) bond motifs is 1. The number of hydrogen-bond acceptors (Lipinski definition) is 5. The van der Waals surface area contributed by atoms with E-state index < -0.39 is 6.09 Å². The molecule has 1 aliphatic rings. The molecule has 4 N–H and O–H groups in total. The number of hydrogen-bond donors (Lipinski definition) is 4. The van der Waals surface area contributed by atoms with Gasteiger partial charge in [0.1, 0.15) is 0 Å². The number of phenols is 1. The van der Waals surface area contributed by atoms with Crippen LogP contribution in [-0.2, 0) is 0 Å². The molecule has 4 rings (SSSR count). The standard InChI is InChI=1S/C26H27Cl2N3O4/c1-2-3-23(32)19-13-29-22-9-4-14(15-11-20(27)25(33)21(28)12-15)10-18(22)24(19)30-16-5-7-17(8-6-16)31-26(34)35/h4,9-13,16-17,31,33H,2-3,5-8H2,1H3,(H,29,30)(H,34,35). The summed E-state index contributed by atoms with van der Waals surface area (Å²) in [5, 5.41) is 26.2. The van der Waals surface area contributed by atoms with E-state index in [9.17, 15) is 14.7 Å². The molecule has 1 amide bonds. The average molecular weight is 516 g/mol. The fourth-order valence-corrected chi connectivity index (χ4v) is 5.08. The van der Waals surface area contributed by atoms with Gasteiger partial charge in [-0.05, 0) is 67.5 Å². The van der Waals surface area contributed by atoms with Crippen molar-refractivity contribution in [2.45, 2.75) is 57.5 Å². The summed E-state index contributed by atoms with van der Waals surface area (Å²) in [7, 11) is 0. The lowest BCUT2D eigenvalue weighted by Gasteiger charge is -2.30. The molecule has 0 radical (unpaired) electrons. The highest BCUT2D eigenvalue weighted by atomic mass is 35.5. The van der Waals surface area contributed by atoms with E-state index in [2.05, 4.69) is 15.6 Å². The number of carbonyl (C=O) groups excluding carboxylic acids is 1. The fourth-order valence-electron chi connectivity index (χ4n) is 4.59. The molecule has 0 saturated heterocycles. The van der Waals surface area contributed by atoms with E-state index in [1.54, 1.807) is 18.3 Å². The molecule has 9 heteroatoms. The predicted molar refractivity (Wildman–Crippen MR) is 139 cm³/mol. The number of aromatic nitrogens is 1. The van der Waals surface area contributed by atoms with Crippen molar-refractivity contribution in [2.24, 2.45) is 0 Å². The van der Waals surface area contributed by atoms with Crippen molar-refractivity contribution in [3.05, 3.63) is 52.1 Å². The number of pyridine rings is 1. The van der Waals surface area contributed by atoms with Gasteiger partial charge in [-0.2, -0.15) is 0 Å². The van der Waals surface area contributed by atoms with Crippen LogP contribution in [0.15, 0.2) is 36.5 Å². The molecule has 3 aromatic rings. The van der Waals surface area contributed by atoms with E-state index in [4.69, 9.17) is 28.3 Å². The van der Waals surface area contributed by atoms with E-state index in [-0.39, 0.29) is 33.7 Å². The quantitative estimate of drug-likeness (QED) is 0.255. The lowest BCUT2D eigenvalue weighted by atomic mass is 9.90. The smallest absolute Gasteiger partial charge is 0.404 e. The Hall–Kier alpha value is -3.03. The van der Waals surface area contributed by atoms with Gasteiger partial charge in [0.05, 0.1) is 26.8 Å². The zero-order chi connectivity index (χ0) is 25.1. The second-order valence-corrected chi connectivity index (χ2v) is 9.70. The van der Waals surface area contributed by atoms with Gasteiger partial charge in [-0.3, -0.25) is 9.78 Å². The SMILES string of the molecule is CCCC(=O)c1cnc2ccc(-c3cc(Cl)c(O)c(Cl)c3)cc2c1NC1CCC(NC(=O)O)CC1. The van der Waals surface area contributed by atoms with Gasteiger partial charge < -0.3 is 20.8 Å². The Morgan fingerprint density at radius 2 is 1.69 bits per heavy atom. The van der Waals surface area contributed by atoms with Gasteiger partial charge >= 0.3 is 6.09 Å². The summed E-state index contributed by atoms with van der Waals surface area (Å²) in [5.74, 6) is -0.144. The molecule has 1 fully saturated rings. The maximum atomic E-state index is 13.0. The van der Waals surface area contributed by atoms with Crippen LogP contribution in [0.4, 0.5) is 10.5 Å². The molecule has 0 atom stereocenters. The van der Waals surface area contributed by atoms with Crippen LogP contribution in [0.3, 0.4) is 0 Å². The van der Waals surface area contributed by atoms with Crippen molar-refractivity contribution in [3.8, 4) is 16.9 Å². The summed E-state index contributed by atoms with van der Waals surface area (Å²) >= 11 is 12.3. The first kappa shape index (κ1) is 25.1. The Labute approximate surface area is 213 Å². The van der Waals surface area contributed by atoms with Gasteiger partial charge in [0, 0.05) is 30.1 Å². The third-order valence-electron chi connectivity index (χ3n) is 6.40. The number of Topliss-reactive ketones (excluding diaryl/α,β-unsaturated/α-hetero) is 1. The Morgan fingerprint density at radius 1 is 1.03 bits per heavy atom. The molecular formula is C26H27Cl2N3O4. The topological polar surface area (TPSA) is 112 Å². The summed E-state index contributed by atoms with van der Waals surface area (Å²) in [6.45, 7) is 1.96. The average Bonchev–Trinajstić information content (AvgIpc) is 2.83. The number of phenolic OH excluding ortho intramolecular Hbond substituents is 1. The highest BCUT2D eigenvalue weighted by molar-refractivity contribution is 6.37. The normalized spacial score (nSPS) is 17.8. The van der Waals surface area contributed by atoms with E-state index in [0.29, 0.717) is 12.0 Å². The predicted octanol–water partition coefficient (Wildman–Crippen LogP) is 6.89. The largest absolute Gasteiger partial charge is 0.505 e. The van der Waals surface area contributed by atoms with Gasteiger partial charge in [-0.1, -0.05) is 36.2 Å². The second kappa shape index (κ2) is 10.7. The summed E-state index contributed by atoms with van der Waals surface area (Å²) in [6.07, 6.45) is 4.78. The van der Waals surface area contributed by atoms with Crippen molar-refractivity contribution in [3.63, 3.8) is 0 Å². The minimum absolute atomic E-state index is 0.0201. The van der Waals surface area contributed by atoms with Crippen molar-refractivity contribution < 1.29 is 19.8 Å². The number of nitrogens with one attached hydrogen (secondary N) is 2. The first-order chi connectivity index (χ1) is 16.8. The number of amides is 1. The van der Waals surface area contributed by atoms with E-state index >= 15 is 0 Å². The molecule has 0 unspecified atom stereocenters. The van der Waals surface area contributed by atoms with Gasteiger partial charge in [0.25, 0.3) is 0 Å². The first-order valence-corrected chi connectivity index (χ1v) is 12.4. The minimum Gasteiger partial charge on any atom is -0.505 e. The molecule has 35 heavy (non-hydrogen) atoms. The number of rotatable bonds is 7. The van der Waals surface area contributed by atoms with Gasteiger partial charge in [-0.25, -0.2) is 4.79 Å². The molecule has 184 valence electrons. The highest BCUT2D eigenvalue weighted by Gasteiger charge is 2.25. The lowest BCUT2D eigenvalue weighted by molar-refractivity contribution is 0.0982. The van der Waals surface area contributed by atoms with Crippen LogP contribution in [0.25, 0.3) is 22.0 Å². The summed E-state index contributed by atoms with van der Waals surface area (Å²) in [4.78, 5) is 28.5. The van der Waals surface area contributed by atoms with Gasteiger partial charge in [-0.15, -0.1) is 0 Å². The lowest BCUT2D eigenvalue weighted by Crippen LogP contribution is -2.39. The summed E-state index contributed by atoms with van der Waals surface area (Å²) in [5.41, 5.74) is 3.57. The third kappa shape index (κ3) is 5.63. The molecule has 0 spiro atoms. The van der Waals surface area contributed by atoms with Gasteiger partial charge in [0.2, 0.25) is 0 Å². The molecular weight excluding hydrogens is 489 g/mol. The molecule has 2 aromatic carbocycles. The Morgan fingerprint density at radius 3 is 2.31 bits per heavy atom. The molecule has 7 nitrogen and oxygen atoms in total. The monoisotopic (exact) mass is 515 g/mol. The number of ketones is 1. The summed E-state index contributed by atoms with van der Waals surface area (Å²) in [6, 6.07) is 9.06. The van der Waals surface area contributed by atoms with Crippen molar-refractivity contribution in [1.29, 1.82) is 0 Å². The number of carbonyl (C=O) groups is 2. The first-order valence-electron chi connectivity index (χ1n) is 11.7. The van der Waals surface area contributed by atoms with E-state index in [0.717, 1.165) is 59.8 Å². The fraction of sp³-hybridized carbons (Fsp3) is 0.346. The van der Waals surface area contributed by atoms with Crippen molar-refractivity contribution in [2.75, 3.05) is 5.32 Å². The molecule has 1 saturated carbocycles. The highest BCUT2D eigenvalue weighted by Crippen LogP contribution is 2.38.